The predicted octanol–water partition coefficient (Wildman–Crippen LogP) is 1.95. The lowest BCUT2D eigenvalue weighted by molar-refractivity contribution is 0.191. The molecule has 1 rings (SSSR count). The van der Waals surface area contributed by atoms with E-state index in [2.05, 4.69) is 5.32 Å². The highest BCUT2D eigenvalue weighted by molar-refractivity contribution is 6.30. The van der Waals surface area contributed by atoms with Crippen molar-refractivity contribution < 1.29 is 9.50 Å². The van der Waals surface area contributed by atoms with Crippen molar-refractivity contribution in [2.24, 2.45) is 0 Å². The number of aliphatic hydroxyl groups excluding tert-OH is 1. The fourth-order valence-corrected chi connectivity index (χ4v) is 1.19. The lowest BCUT2D eigenvalue weighted by atomic mass is 10.2. The summed E-state index contributed by atoms with van der Waals surface area (Å²) in [5, 5.41) is 12.1. The lowest BCUT2D eigenvalue weighted by Crippen LogP contribution is -2.23. The standard InChI is InChI=1S/C10H13ClFNO/c1-7(14)5-13-6-8-2-3-9(11)10(12)4-8/h2-4,7,13-14H,5-6H2,1H3/t7-/m1/s1. The van der Waals surface area contributed by atoms with Gasteiger partial charge in [0.25, 0.3) is 0 Å². The van der Waals surface area contributed by atoms with Gasteiger partial charge in [-0.2, -0.15) is 0 Å². The Bertz CT molecular complexity index is 304. The maximum atomic E-state index is 13.0. The van der Waals surface area contributed by atoms with Gasteiger partial charge in [0.05, 0.1) is 11.1 Å². The first-order chi connectivity index (χ1) is 6.59. The molecule has 0 amide bonds. The third kappa shape index (κ3) is 3.62. The second kappa shape index (κ2) is 5.29. The molecular weight excluding hydrogens is 205 g/mol. The first-order valence-electron chi connectivity index (χ1n) is 4.42. The topological polar surface area (TPSA) is 32.3 Å². The van der Waals surface area contributed by atoms with Crippen LogP contribution in [0.1, 0.15) is 12.5 Å². The molecule has 0 aliphatic rings. The summed E-state index contributed by atoms with van der Waals surface area (Å²) in [5.74, 6) is -0.414. The first-order valence-corrected chi connectivity index (χ1v) is 4.80. The Kier molecular flexibility index (Phi) is 4.32. The zero-order valence-electron chi connectivity index (χ0n) is 7.93. The highest BCUT2D eigenvalue weighted by Gasteiger charge is 2.01. The van der Waals surface area contributed by atoms with Gasteiger partial charge in [-0.05, 0) is 24.6 Å². The lowest BCUT2D eigenvalue weighted by Gasteiger charge is -2.07. The molecule has 0 saturated heterocycles. The Labute approximate surface area is 87.7 Å². The molecule has 1 aromatic rings. The van der Waals surface area contributed by atoms with Crippen LogP contribution in [0.25, 0.3) is 0 Å². The van der Waals surface area contributed by atoms with E-state index in [0.29, 0.717) is 13.1 Å². The highest BCUT2D eigenvalue weighted by Crippen LogP contribution is 2.15. The Morgan fingerprint density at radius 1 is 1.57 bits per heavy atom. The number of hydrogen-bond donors (Lipinski definition) is 2. The SMILES string of the molecule is C[C@@H](O)CNCc1ccc(Cl)c(F)c1. The summed E-state index contributed by atoms with van der Waals surface area (Å²) in [6.07, 6.45) is -0.396. The van der Waals surface area contributed by atoms with Crippen LogP contribution in [-0.2, 0) is 6.54 Å². The number of hydrogen-bond acceptors (Lipinski definition) is 2. The number of halogens is 2. The van der Waals surface area contributed by atoms with Crippen molar-refractivity contribution in [1.29, 1.82) is 0 Å². The van der Waals surface area contributed by atoms with Crippen LogP contribution in [-0.4, -0.2) is 17.8 Å². The van der Waals surface area contributed by atoms with Gasteiger partial charge in [-0.3, -0.25) is 0 Å². The summed E-state index contributed by atoms with van der Waals surface area (Å²) >= 11 is 5.53. The zero-order valence-corrected chi connectivity index (χ0v) is 8.68. The van der Waals surface area contributed by atoms with Crippen LogP contribution < -0.4 is 5.32 Å². The Hall–Kier alpha value is -0.640. The molecule has 0 unspecified atom stereocenters. The van der Waals surface area contributed by atoms with Crippen LogP contribution in [0, 0.1) is 5.82 Å². The number of benzene rings is 1. The second-order valence-corrected chi connectivity index (χ2v) is 3.64. The molecule has 78 valence electrons. The summed E-state index contributed by atoms with van der Waals surface area (Å²) in [7, 11) is 0. The molecule has 0 bridgehead atoms. The van der Waals surface area contributed by atoms with Crippen molar-refractivity contribution in [3.8, 4) is 0 Å². The summed E-state index contributed by atoms with van der Waals surface area (Å²) in [6.45, 7) is 2.71. The van der Waals surface area contributed by atoms with Gasteiger partial charge >= 0.3 is 0 Å². The van der Waals surface area contributed by atoms with E-state index in [1.807, 2.05) is 0 Å². The van der Waals surface area contributed by atoms with E-state index in [1.165, 1.54) is 12.1 Å². The predicted molar refractivity (Wildman–Crippen MR) is 54.8 cm³/mol. The molecule has 4 heteroatoms. The average molecular weight is 218 g/mol. The van der Waals surface area contributed by atoms with E-state index in [-0.39, 0.29) is 5.02 Å². The second-order valence-electron chi connectivity index (χ2n) is 3.23. The minimum Gasteiger partial charge on any atom is -0.392 e. The fourth-order valence-electron chi connectivity index (χ4n) is 1.07. The normalized spacial score (nSPS) is 12.9. The van der Waals surface area contributed by atoms with Gasteiger partial charge in [-0.15, -0.1) is 0 Å². The van der Waals surface area contributed by atoms with Gasteiger partial charge < -0.3 is 10.4 Å². The summed E-state index contributed by atoms with van der Waals surface area (Å²) in [4.78, 5) is 0. The largest absolute Gasteiger partial charge is 0.392 e. The van der Waals surface area contributed by atoms with Gasteiger partial charge in [0, 0.05) is 13.1 Å². The molecule has 0 saturated carbocycles. The molecule has 0 fully saturated rings. The van der Waals surface area contributed by atoms with Crippen molar-refractivity contribution in [2.45, 2.75) is 19.6 Å². The van der Waals surface area contributed by atoms with E-state index in [4.69, 9.17) is 16.7 Å². The molecule has 0 radical (unpaired) electrons. The molecule has 2 nitrogen and oxygen atoms in total. The molecule has 0 aromatic heterocycles. The smallest absolute Gasteiger partial charge is 0.142 e. The van der Waals surface area contributed by atoms with Crippen molar-refractivity contribution in [2.75, 3.05) is 6.54 Å². The zero-order chi connectivity index (χ0) is 10.6. The van der Waals surface area contributed by atoms with Crippen molar-refractivity contribution in [1.82, 2.24) is 5.32 Å². The number of nitrogens with one attached hydrogen (secondary N) is 1. The maximum absolute atomic E-state index is 13.0. The van der Waals surface area contributed by atoms with Crippen molar-refractivity contribution in [3.05, 3.63) is 34.6 Å². The first kappa shape index (κ1) is 11.4. The highest BCUT2D eigenvalue weighted by atomic mass is 35.5. The molecule has 14 heavy (non-hydrogen) atoms. The molecule has 0 aliphatic heterocycles. The summed E-state index contributed by atoms with van der Waals surface area (Å²) in [6, 6.07) is 4.66. The maximum Gasteiger partial charge on any atom is 0.142 e. The van der Waals surface area contributed by atoms with Crippen LogP contribution in [0.2, 0.25) is 5.02 Å². The van der Waals surface area contributed by atoms with Gasteiger partial charge in [-0.25, -0.2) is 4.39 Å². The van der Waals surface area contributed by atoms with Crippen LogP contribution in [0.4, 0.5) is 4.39 Å². The molecular formula is C10H13ClFNO. The minimum absolute atomic E-state index is 0.129. The van der Waals surface area contributed by atoms with Crippen LogP contribution in [0.15, 0.2) is 18.2 Å². The Morgan fingerprint density at radius 2 is 2.29 bits per heavy atom. The van der Waals surface area contributed by atoms with Crippen LogP contribution >= 0.6 is 11.6 Å². The van der Waals surface area contributed by atoms with Crippen LogP contribution in [0.5, 0.6) is 0 Å². The van der Waals surface area contributed by atoms with E-state index in [9.17, 15) is 4.39 Å². The van der Waals surface area contributed by atoms with E-state index >= 15 is 0 Å². The quantitative estimate of drug-likeness (QED) is 0.808. The van der Waals surface area contributed by atoms with Crippen molar-refractivity contribution >= 4 is 11.6 Å². The van der Waals surface area contributed by atoms with Gasteiger partial charge in [0.1, 0.15) is 5.82 Å². The molecule has 1 atom stereocenters. The van der Waals surface area contributed by atoms with E-state index in [0.717, 1.165) is 5.56 Å². The number of aliphatic hydroxyl groups is 1. The molecule has 2 N–H and O–H groups in total. The fraction of sp³-hybridized carbons (Fsp3) is 0.400. The Morgan fingerprint density at radius 3 is 2.86 bits per heavy atom. The Balaban J connectivity index is 2.47. The molecule has 1 aromatic carbocycles. The molecule has 0 aliphatic carbocycles. The van der Waals surface area contributed by atoms with Crippen molar-refractivity contribution in [3.63, 3.8) is 0 Å². The van der Waals surface area contributed by atoms with Crippen LogP contribution in [0.3, 0.4) is 0 Å². The van der Waals surface area contributed by atoms with Gasteiger partial charge in [0.2, 0.25) is 0 Å². The third-order valence-electron chi connectivity index (χ3n) is 1.75. The van der Waals surface area contributed by atoms with Gasteiger partial charge in [0.15, 0.2) is 0 Å². The monoisotopic (exact) mass is 217 g/mol. The number of rotatable bonds is 4. The molecule has 0 spiro atoms. The summed E-state index contributed by atoms with van der Waals surface area (Å²) in [5.41, 5.74) is 0.813. The van der Waals surface area contributed by atoms with Gasteiger partial charge in [-0.1, -0.05) is 17.7 Å². The molecule has 0 heterocycles. The third-order valence-corrected chi connectivity index (χ3v) is 2.06. The average Bonchev–Trinajstić information content (AvgIpc) is 2.10. The summed E-state index contributed by atoms with van der Waals surface area (Å²) < 4.78 is 13.0. The van der Waals surface area contributed by atoms with E-state index < -0.39 is 11.9 Å². The van der Waals surface area contributed by atoms with E-state index in [1.54, 1.807) is 13.0 Å². The minimum atomic E-state index is -0.414.